The highest BCUT2D eigenvalue weighted by Crippen LogP contribution is 2.51. The van der Waals surface area contributed by atoms with E-state index in [4.69, 9.17) is 9.47 Å². The van der Waals surface area contributed by atoms with Gasteiger partial charge < -0.3 is 13.6 Å². The smallest absolute Gasteiger partial charge is 0.289 e. The maximum atomic E-state index is 16.1. The minimum atomic E-state index is -3.25. The van der Waals surface area contributed by atoms with Gasteiger partial charge in [0, 0.05) is 20.4 Å². The van der Waals surface area contributed by atoms with Gasteiger partial charge in [0.2, 0.25) is 6.29 Å². The predicted octanol–water partition coefficient (Wildman–Crippen LogP) is 4.10. The van der Waals surface area contributed by atoms with Crippen LogP contribution in [0.3, 0.4) is 0 Å². The van der Waals surface area contributed by atoms with Crippen LogP contribution in [-0.2, 0) is 9.47 Å². The van der Waals surface area contributed by atoms with E-state index in [2.05, 4.69) is 4.98 Å². The molecule has 0 radical (unpaired) electrons. The second kappa shape index (κ2) is 6.14. The fourth-order valence-electron chi connectivity index (χ4n) is 3.08. The van der Waals surface area contributed by atoms with Gasteiger partial charge in [-0.2, -0.15) is 0 Å². The number of hydrogen-bond acceptors (Lipinski definition) is 3. The Morgan fingerprint density at radius 1 is 1.00 bits per heavy atom. The van der Waals surface area contributed by atoms with Crippen LogP contribution in [0.15, 0.2) is 18.3 Å². The van der Waals surface area contributed by atoms with E-state index in [9.17, 15) is 0 Å². The lowest BCUT2D eigenvalue weighted by Crippen LogP contribution is -2.58. The Balaban J connectivity index is 3.30. The highest BCUT2D eigenvalue weighted by atomic mass is 28.4. The van der Waals surface area contributed by atoms with E-state index in [1.54, 1.807) is 26.5 Å². The van der Waals surface area contributed by atoms with Crippen LogP contribution in [0.2, 0.25) is 10.1 Å². The number of aromatic nitrogens is 1. The van der Waals surface area contributed by atoms with Gasteiger partial charge in [0.05, 0.1) is 5.69 Å². The molecule has 0 unspecified atom stereocenters. The molecule has 1 aromatic rings. The molecule has 0 N–H and O–H groups in total. The summed E-state index contributed by atoms with van der Waals surface area (Å²) in [6, 6.07) is 3.64. The van der Waals surface area contributed by atoms with Crippen LogP contribution < -0.4 is 5.19 Å². The molecule has 0 atom stereocenters. The molecule has 5 heteroatoms. The SMILES string of the molecule is COC(OC)c1ccc([Si](F)(C(C)(C)C)C(C)(C)C)cn1. The van der Waals surface area contributed by atoms with E-state index in [0.29, 0.717) is 5.69 Å². The Labute approximate surface area is 129 Å². The largest absolute Gasteiger partial charge is 0.350 e. The third-order valence-corrected chi connectivity index (χ3v) is 9.15. The van der Waals surface area contributed by atoms with Crippen molar-refractivity contribution in [2.24, 2.45) is 0 Å². The van der Waals surface area contributed by atoms with Gasteiger partial charge in [0.15, 0.2) is 0 Å². The molecule has 3 nitrogen and oxygen atoms in total. The maximum absolute atomic E-state index is 16.1. The van der Waals surface area contributed by atoms with Crippen molar-refractivity contribution in [1.29, 1.82) is 0 Å². The molecule has 0 aromatic carbocycles. The van der Waals surface area contributed by atoms with Crippen molar-refractivity contribution in [1.82, 2.24) is 4.98 Å². The van der Waals surface area contributed by atoms with E-state index in [1.165, 1.54) is 0 Å². The molecule has 21 heavy (non-hydrogen) atoms. The van der Waals surface area contributed by atoms with Gasteiger partial charge in [-0.15, -0.1) is 0 Å². The summed E-state index contributed by atoms with van der Waals surface area (Å²) in [5, 5.41) is -0.0931. The maximum Gasteiger partial charge on any atom is 0.289 e. The van der Waals surface area contributed by atoms with Crippen molar-refractivity contribution in [2.45, 2.75) is 57.9 Å². The highest BCUT2D eigenvalue weighted by molar-refractivity contribution is 6.90. The molecule has 0 spiro atoms. The summed E-state index contributed by atoms with van der Waals surface area (Å²) in [7, 11) is -0.135. The number of hydrogen-bond donors (Lipinski definition) is 0. The molecule has 0 amide bonds. The van der Waals surface area contributed by atoms with Gasteiger partial charge in [-0.1, -0.05) is 47.6 Å². The molecule has 1 aromatic heterocycles. The average molecular weight is 313 g/mol. The molecule has 1 rings (SSSR count). The lowest BCUT2D eigenvalue weighted by atomic mass is 10.2. The Bertz CT molecular complexity index is 445. The van der Waals surface area contributed by atoms with Crippen molar-refractivity contribution >= 4 is 13.6 Å². The molecule has 0 aliphatic carbocycles. The fraction of sp³-hybridized carbons (Fsp3) is 0.688. The molecule has 120 valence electrons. The molecule has 0 aliphatic rings. The van der Waals surface area contributed by atoms with Crippen molar-refractivity contribution in [3.63, 3.8) is 0 Å². The number of rotatable bonds is 4. The van der Waals surface area contributed by atoms with E-state index < -0.39 is 24.8 Å². The van der Waals surface area contributed by atoms with Crippen LogP contribution in [0.4, 0.5) is 4.11 Å². The van der Waals surface area contributed by atoms with Crippen LogP contribution in [0.5, 0.6) is 0 Å². The van der Waals surface area contributed by atoms with Crippen LogP contribution in [0.1, 0.15) is 53.5 Å². The second-order valence-electron chi connectivity index (χ2n) is 7.43. The Morgan fingerprint density at radius 3 is 1.76 bits per heavy atom. The Morgan fingerprint density at radius 2 is 1.48 bits per heavy atom. The van der Waals surface area contributed by atoms with Gasteiger partial charge in [-0.3, -0.25) is 4.98 Å². The second-order valence-corrected chi connectivity index (χ2v) is 12.3. The molecule has 0 fully saturated rings. The van der Waals surface area contributed by atoms with E-state index >= 15 is 4.11 Å². The minimum Gasteiger partial charge on any atom is -0.350 e. The predicted molar refractivity (Wildman–Crippen MR) is 86.9 cm³/mol. The van der Waals surface area contributed by atoms with E-state index in [0.717, 1.165) is 5.19 Å². The first-order valence-corrected chi connectivity index (χ1v) is 9.07. The van der Waals surface area contributed by atoms with Crippen molar-refractivity contribution < 1.29 is 13.6 Å². The number of nitrogens with zero attached hydrogens (tertiary/aromatic N) is 1. The summed E-state index contributed by atoms with van der Waals surface area (Å²) >= 11 is 0. The molecule has 0 bridgehead atoms. The monoisotopic (exact) mass is 313 g/mol. The van der Waals surface area contributed by atoms with Crippen LogP contribution in [-0.4, -0.2) is 27.6 Å². The molecule has 0 saturated carbocycles. The van der Waals surface area contributed by atoms with Gasteiger partial charge in [-0.05, 0) is 21.3 Å². The summed E-state index contributed by atoms with van der Waals surface area (Å²) in [6.07, 6.45) is 1.14. The van der Waals surface area contributed by atoms with Crippen LogP contribution >= 0.6 is 0 Å². The van der Waals surface area contributed by atoms with Crippen molar-refractivity contribution in [2.75, 3.05) is 14.2 Å². The normalized spacial score (nSPS) is 13.8. The highest BCUT2D eigenvalue weighted by Gasteiger charge is 2.56. The lowest BCUT2D eigenvalue weighted by molar-refractivity contribution is -0.108. The third kappa shape index (κ3) is 3.35. The topological polar surface area (TPSA) is 31.4 Å². The number of pyridine rings is 1. The molecular weight excluding hydrogens is 285 g/mol. The molecule has 1 heterocycles. The summed E-state index contributed by atoms with van der Waals surface area (Å²) in [6.45, 7) is 11.9. The van der Waals surface area contributed by atoms with E-state index in [-0.39, 0.29) is 0 Å². The minimum absolute atomic E-state index is 0.406. The van der Waals surface area contributed by atoms with Crippen LogP contribution in [0.25, 0.3) is 0 Å². The van der Waals surface area contributed by atoms with Gasteiger partial charge in [0.25, 0.3) is 8.41 Å². The number of ether oxygens (including phenoxy) is 2. The average Bonchev–Trinajstić information content (AvgIpc) is 2.37. The van der Waals surface area contributed by atoms with Gasteiger partial charge >= 0.3 is 0 Å². The zero-order chi connectivity index (χ0) is 16.5. The first-order valence-electron chi connectivity index (χ1n) is 7.20. The number of methoxy groups -OCH3 is 2. The fourth-order valence-corrected chi connectivity index (χ4v) is 7.61. The summed E-state index contributed by atoms with van der Waals surface area (Å²) in [5.74, 6) is 0. The molecular formula is C16H28FNO2Si. The van der Waals surface area contributed by atoms with Crippen molar-refractivity contribution in [3.05, 3.63) is 24.0 Å². The van der Waals surface area contributed by atoms with Gasteiger partial charge in [-0.25, -0.2) is 0 Å². The first-order chi connectivity index (χ1) is 9.49. The zero-order valence-corrected chi connectivity index (χ0v) is 15.5. The van der Waals surface area contributed by atoms with Crippen molar-refractivity contribution in [3.8, 4) is 0 Å². The Kier molecular flexibility index (Phi) is 5.34. The molecule has 0 aliphatic heterocycles. The molecule has 0 saturated heterocycles. The number of halogens is 1. The zero-order valence-electron chi connectivity index (χ0n) is 14.5. The van der Waals surface area contributed by atoms with Crippen LogP contribution in [0, 0.1) is 0 Å². The third-order valence-electron chi connectivity index (χ3n) is 3.92. The lowest BCUT2D eigenvalue weighted by Gasteiger charge is -2.44. The first kappa shape index (κ1) is 18.3. The summed E-state index contributed by atoms with van der Waals surface area (Å²) < 4.78 is 26.4. The summed E-state index contributed by atoms with van der Waals surface area (Å²) in [5.41, 5.74) is 0.655. The summed E-state index contributed by atoms with van der Waals surface area (Å²) in [4.78, 5) is 4.36. The van der Waals surface area contributed by atoms with E-state index in [1.807, 2.05) is 47.6 Å². The quantitative estimate of drug-likeness (QED) is 0.476. The Hall–Kier alpha value is -0.783. The standard InChI is InChI=1S/C16H28FNO2Si/c1-15(2,3)21(17,16(4,5)6)12-9-10-13(18-11-12)14(19-7)20-8/h9-11,14H,1-8H3. The van der Waals surface area contributed by atoms with Gasteiger partial charge in [0.1, 0.15) is 0 Å².